The second kappa shape index (κ2) is 4.60. The fourth-order valence-electron chi connectivity index (χ4n) is 2.74. The number of aliphatic hydroxyl groups excluding tert-OH is 1. The van der Waals surface area contributed by atoms with Crippen LogP contribution in [-0.4, -0.2) is 29.8 Å². The van der Waals surface area contributed by atoms with E-state index >= 15 is 0 Å². The van der Waals surface area contributed by atoms with Crippen LogP contribution < -0.4 is 11.1 Å². The minimum Gasteiger partial charge on any atom is -0.393 e. The number of nitrogens with two attached hydrogens (primary N) is 1. The van der Waals surface area contributed by atoms with Crippen molar-refractivity contribution < 1.29 is 5.11 Å². The molecule has 0 bridgehead atoms. The summed E-state index contributed by atoms with van der Waals surface area (Å²) in [5.41, 5.74) is 5.77. The van der Waals surface area contributed by atoms with Crippen LogP contribution in [0.4, 0.5) is 0 Å². The van der Waals surface area contributed by atoms with Crippen LogP contribution >= 0.6 is 0 Å². The average molecular weight is 198 g/mol. The van der Waals surface area contributed by atoms with Crippen LogP contribution in [0.2, 0.25) is 0 Å². The van der Waals surface area contributed by atoms with Gasteiger partial charge in [0.05, 0.1) is 6.10 Å². The molecule has 0 aliphatic heterocycles. The zero-order chi connectivity index (χ0) is 9.97. The van der Waals surface area contributed by atoms with Crippen molar-refractivity contribution >= 4 is 0 Å². The number of hydrogen-bond acceptors (Lipinski definition) is 3. The van der Waals surface area contributed by atoms with Gasteiger partial charge in [0.2, 0.25) is 0 Å². The number of aliphatic hydroxyl groups is 1. The Balaban J connectivity index is 1.77. The van der Waals surface area contributed by atoms with E-state index in [1.807, 2.05) is 0 Å². The standard InChI is InChI=1S/C11H22N2O/c12-7-8-3-1-2-4-11(8)13-9-5-10(14)6-9/h8-11,13-14H,1-7,12H2. The summed E-state index contributed by atoms with van der Waals surface area (Å²) >= 11 is 0. The van der Waals surface area contributed by atoms with Gasteiger partial charge in [0, 0.05) is 12.1 Å². The largest absolute Gasteiger partial charge is 0.393 e. The molecule has 3 nitrogen and oxygen atoms in total. The van der Waals surface area contributed by atoms with E-state index in [0.717, 1.165) is 19.4 Å². The van der Waals surface area contributed by atoms with E-state index < -0.39 is 0 Å². The first-order chi connectivity index (χ1) is 6.79. The molecule has 2 rings (SSSR count). The molecule has 0 heterocycles. The summed E-state index contributed by atoms with van der Waals surface area (Å²) in [5, 5.41) is 12.9. The molecular weight excluding hydrogens is 176 g/mol. The highest BCUT2D eigenvalue weighted by atomic mass is 16.3. The lowest BCUT2D eigenvalue weighted by atomic mass is 9.81. The molecule has 0 aromatic carbocycles. The van der Waals surface area contributed by atoms with Gasteiger partial charge in [0.25, 0.3) is 0 Å². The minimum absolute atomic E-state index is 0.0487. The van der Waals surface area contributed by atoms with Crippen LogP contribution in [0.25, 0.3) is 0 Å². The summed E-state index contributed by atoms with van der Waals surface area (Å²) in [6.45, 7) is 0.812. The molecule has 2 aliphatic carbocycles. The molecule has 2 unspecified atom stereocenters. The van der Waals surface area contributed by atoms with E-state index in [1.54, 1.807) is 0 Å². The third-order valence-corrected chi connectivity index (χ3v) is 3.77. The van der Waals surface area contributed by atoms with Crippen molar-refractivity contribution in [2.45, 2.75) is 56.7 Å². The van der Waals surface area contributed by atoms with Crippen molar-refractivity contribution in [3.63, 3.8) is 0 Å². The third-order valence-electron chi connectivity index (χ3n) is 3.77. The third kappa shape index (κ3) is 2.27. The molecule has 2 atom stereocenters. The van der Waals surface area contributed by atoms with Crippen LogP contribution in [-0.2, 0) is 0 Å². The first kappa shape index (κ1) is 10.4. The second-order valence-electron chi connectivity index (χ2n) is 4.88. The predicted molar refractivity (Wildman–Crippen MR) is 57.0 cm³/mol. The molecule has 0 aromatic rings. The smallest absolute Gasteiger partial charge is 0.0570 e. The minimum atomic E-state index is -0.0487. The summed E-state index contributed by atoms with van der Waals surface area (Å²) in [6.07, 6.45) is 7.06. The van der Waals surface area contributed by atoms with Crippen LogP contribution in [0.15, 0.2) is 0 Å². The molecule has 14 heavy (non-hydrogen) atoms. The van der Waals surface area contributed by atoms with Gasteiger partial charge in [0.15, 0.2) is 0 Å². The molecule has 0 amide bonds. The molecule has 2 aliphatic rings. The highest BCUT2D eigenvalue weighted by Gasteiger charge is 2.32. The van der Waals surface area contributed by atoms with Gasteiger partial charge in [-0.25, -0.2) is 0 Å². The van der Waals surface area contributed by atoms with Gasteiger partial charge < -0.3 is 16.2 Å². The van der Waals surface area contributed by atoms with E-state index in [9.17, 15) is 5.11 Å². The quantitative estimate of drug-likeness (QED) is 0.623. The molecule has 3 heteroatoms. The van der Waals surface area contributed by atoms with Gasteiger partial charge in [-0.2, -0.15) is 0 Å². The Morgan fingerprint density at radius 3 is 2.57 bits per heavy atom. The topological polar surface area (TPSA) is 58.3 Å². The fourth-order valence-corrected chi connectivity index (χ4v) is 2.74. The zero-order valence-corrected chi connectivity index (χ0v) is 8.78. The van der Waals surface area contributed by atoms with Crippen molar-refractivity contribution in [3.05, 3.63) is 0 Å². The normalized spacial score (nSPS) is 43.3. The molecule has 0 saturated heterocycles. The lowest BCUT2D eigenvalue weighted by Gasteiger charge is -2.39. The molecule has 82 valence electrons. The zero-order valence-electron chi connectivity index (χ0n) is 8.78. The lowest BCUT2D eigenvalue weighted by Crippen LogP contribution is -2.52. The molecule has 2 fully saturated rings. The maximum atomic E-state index is 9.21. The van der Waals surface area contributed by atoms with Crippen LogP contribution in [0.3, 0.4) is 0 Å². The molecule has 0 spiro atoms. The maximum absolute atomic E-state index is 9.21. The number of rotatable bonds is 3. The first-order valence-corrected chi connectivity index (χ1v) is 5.93. The number of nitrogens with one attached hydrogen (secondary N) is 1. The Kier molecular flexibility index (Phi) is 3.42. The monoisotopic (exact) mass is 198 g/mol. The summed E-state index contributed by atoms with van der Waals surface area (Å²) in [5.74, 6) is 0.668. The van der Waals surface area contributed by atoms with Gasteiger partial charge in [-0.15, -0.1) is 0 Å². The summed E-state index contributed by atoms with van der Waals surface area (Å²) in [7, 11) is 0. The van der Waals surface area contributed by atoms with E-state index in [0.29, 0.717) is 18.0 Å². The highest BCUT2D eigenvalue weighted by Crippen LogP contribution is 2.27. The Hall–Kier alpha value is -0.120. The molecular formula is C11H22N2O. The van der Waals surface area contributed by atoms with Gasteiger partial charge in [-0.3, -0.25) is 0 Å². The van der Waals surface area contributed by atoms with Crippen LogP contribution in [0.1, 0.15) is 38.5 Å². The highest BCUT2D eigenvalue weighted by molar-refractivity contribution is 4.90. The van der Waals surface area contributed by atoms with Gasteiger partial charge in [0.1, 0.15) is 0 Å². The Morgan fingerprint density at radius 1 is 1.21 bits per heavy atom. The summed E-state index contributed by atoms with van der Waals surface area (Å²) in [6, 6.07) is 1.17. The maximum Gasteiger partial charge on any atom is 0.0570 e. The van der Waals surface area contributed by atoms with Gasteiger partial charge in [-0.05, 0) is 38.1 Å². The number of hydrogen-bond donors (Lipinski definition) is 3. The summed E-state index contributed by atoms with van der Waals surface area (Å²) in [4.78, 5) is 0. The van der Waals surface area contributed by atoms with Crippen molar-refractivity contribution in [3.8, 4) is 0 Å². The first-order valence-electron chi connectivity index (χ1n) is 5.93. The van der Waals surface area contributed by atoms with Gasteiger partial charge >= 0.3 is 0 Å². The second-order valence-corrected chi connectivity index (χ2v) is 4.88. The Labute approximate surface area is 86.1 Å². The molecule has 0 aromatic heterocycles. The van der Waals surface area contributed by atoms with Crippen molar-refractivity contribution in [1.29, 1.82) is 0 Å². The SMILES string of the molecule is NCC1CCCCC1NC1CC(O)C1. The molecule has 2 saturated carbocycles. The van der Waals surface area contributed by atoms with Crippen LogP contribution in [0.5, 0.6) is 0 Å². The predicted octanol–water partition coefficient (Wildman–Crippen LogP) is 0.617. The Morgan fingerprint density at radius 2 is 1.93 bits per heavy atom. The van der Waals surface area contributed by atoms with Crippen LogP contribution in [0, 0.1) is 5.92 Å². The van der Waals surface area contributed by atoms with E-state index in [2.05, 4.69) is 5.32 Å². The van der Waals surface area contributed by atoms with Crippen molar-refractivity contribution in [2.24, 2.45) is 11.7 Å². The lowest BCUT2D eigenvalue weighted by molar-refractivity contribution is 0.0506. The average Bonchev–Trinajstić information content (AvgIpc) is 2.16. The van der Waals surface area contributed by atoms with Crippen molar-refractivity contribution in [1.82, 2.24) is 5.32 Å². The van der Waals surface area contributed by atoms with E-state index in [4.69, 9.17) is 5.73 Å². The molecule has 4 N–H and O–H groups in total. The Bertz CT molecular complexity index is 180. The van der Waals surface area contributed by atoms with Gasteiger partial charge in [-0.1, -0.05) is 12.8 Å². The van der Waals surface area contributed by atoms with Crippen molar-refractivity contribution in [2.75, 3.05) is 6.54 Å². The van der Waals surface area contributed by atoms with E-state index in [1.165, 1.54) is 25.7 Å². The van der Waals surface area contributed by atoms with E-state index in [-0.39, 0.29) is 6.10 Å². The summed E-state index contributed by atoms with van der Waals surface area (Å²) < 4.78 is 0. The molecule has 0 radical (unpaired) electrons. The fraction of sp³-hybridized carbons (Fsp3) is 1.00.